The van der Waals surface area contributed by atoms with Crippen molar-refractivity contribution in [3.63, 3.8) is 0 Å². The topological polar surface area (TPSA) is 65.8 Å². The Morgan fingerprint density at radius 1 is 1.50 bits per heavy atom. The number of benzene rings is 1. The van der Waals surface area contributed by atoms with Crippen molar-refractivity contribution in [3.8, 4) is 0 Å². The second-order valence-corrected chi connectivity index (χ2v) is 2.69. The van der Waals surface area contributed by atoms with Gasteiger partial charge in [0.15, 0.2) is 5.78 Å². The summed E-state index contributed by atoms with van der Waals surface area (Å²) >= 11 is 0. The van der Waals surface area contributed by atoms with Gasteiger partial charge >= 0.3 is 0 Å². The SMILES string of the molecule is CC(=O)/C=C/c1ccccc1N=[N+]=[N-]. The predicted molar refractivity (Wildman–Crippen MR) is 55.0 cm³/mol. The van der Waals surface area contributed by atoms with Crippen LogP contribution in [0.2, 0.25) is 0 Å². The van der Waals surface area contributed by atoms with Crippen molar-refractivity contribution in [1.82, 2.24) is 0 Å². The summed E-state index contributed by atoms with van der Waals surface area (Å²) in [5.41, 5.74) is 9.55. The third kappa shape index (κ3) is 2.77. The summed E-state index contributed by atoms with van der Waals surface area (Å²) in [4.78, 5) is 13.4. The van der Waals surface area contributed by atoms with Gasteiger partial charge in [-0.2, -0.15) is 0 Å². The van der Waals surface area contributed by atoms with Gasteiger partial charge < -0.3 is 0 Å². The molecule has 1 aromatic rings. The van der Waals surface area contributed by atoms with Crippen LogP contribution >= 0.6 is 0 Å². The maximum absolute atomic E-state index is 10.7. The number of nitrogens with zero attached hydrogens (tertiary/aromatic N) is 3. The number of allylic oxidation sites excluding steroid dienone is 1. The van der Waals surface area contributed by atoms with Crippen molar-refractivity contribution in [3.05, 3.63) is 46.3 Å². The second-order valence-electron chi connectivity index (χ2n) is 2.69. The van der Waals surface area contributed by atoms with Crippen LogP contribution in [0.4, 0.5) is 5.69 Å². The predicted octanol–water partition coefficient (Wildman–Crippen LogP) is 3.23. The van der Waals surface area contributed by atoms with Gasteiger partial charge in [0.25, 0.3) is 0 Å². The quantitative estimate of drug-likeness (QED) is 0.310. The molecule has 0 N–H and O–H groups in total. The van der Waals surface area contributed by atoms with Crippen LogP contribution in [0.1, 0.15) is 12.5 Å². The molecule has 0 aromatic heterocycles. The van der Waals surface area contributed by atoms with E-state index in [1.165, 1.54) is 13.0 Å². The summed E-state index contributed by atoms with van der Waals surface area (Å²) in [6.45, 7) is 1.46. The molecule has 0 aliphatic rings. The van der Waals surface area contributed by atoms with Gasteiger partial charge in [-0.3, -0.25) is 4.79 Å². The van der Waals surface area contributed by atoms with Gasteiger partial charge in [-0.25, -0.2) is 0 Å². The number of hydrogen-bond donors (Lipinski definition) is 0. The van der Waals surface area contributed by atoms with Crippen molar-refractivity contribution in [1.29, 1.82) is 0 Å². The van der Waals surface area contributed by atoms with Crippen LogP contribution < -0.4 is 0 Å². The lowest BCUT2D eigenvalue weighted by Crippen LogP contribution is -1.80. The van der Waals surface area contributed by atoms with E-state index in [0.717, 1.165) is 5.56 Å². The Bertz CT molecular complexity index is 417. The van der Waals surface area contributed by atoms with Gasteiger partial charge in [-0.1, -0.05) is 35.5 Å². The number of carbonyl (C=O) groups excluding carboxylic acids is 1. The van der Waals surface area contributed by atoms with E-state index < -0.39 is 0 Å². The molecule has 0 spiro atoms. The van der Waals surface area contributed by atoms with E-state index in [-0.39, 0.29) is 5.78 Å². The van der Waals surface area contributed by atoms with Crippen LogP contribution in [0.15, 0.2) is 35.5 Å². The highest BCUT2D eigenvalue weighted by Gasteiger charge is 1.94. The largest absolute Gasteiger partial charge is 0.295 e. The average Bonchev–Trinajstić information content (AvgIpc) is 2.17. The molecule has 0 heterocycles. The molecule has 4 heteroatoms. The first-order chi connectivity index (χ1) is 6.74. The highest BCUT2D eigenvalue weighted by Crippen LogP contribution is 2.19. The Balaban J connectivity index is 3.07. The molecule has 70 valence electrons. The molecule has 0 aliphatic carbocycles. The van der Waals surface area contributed by atoms with E-state index in [2.05, 4.69) is 10.0 Å². The van der Waals surface area contributed by atoms with Gasteiger partial charge in [0, 0.05) is 10.6 Å². The molecule has 0 bridgehead atoms. The van der Waals surface area contributed by atoms with Crippen LogP contribution in [0.5, 0.6) is 0 Å². The van der Waals surface area contributed by atoms with Gasteiger partial charge in [-0.15, -0.1) is 0 Å². The van der Waals surface area contributed by atoms with E-state index in [1.54, 1.807) is 24.3 Å². The van der Waals surface area contributed by atoms with Crippen molar-refractivity contribution < 1.29 is 4.79 Å². The molecule has 0 saturated carbocycles. The Morgan fingerprint density at radius 3 is 2.86 bits per heavy atom. The fraction of sp³-hybridized carbons (Fsp3) is 0.100. The minimum atomic E-state index is -0.0410. The smallest absolute Gasteiger partial charge is 0.152 e. The maximum atomic E-state index is 10.7. The minimum absolute atomic E-state index is 0.0410. The molecule has 14 heavy (non-hydrogen) atoms. The van der Waals surface area contributed by atoms with Gasteiger partial charge in [0.05, 0.1) is 0 Å². The summed E-state index contributed by atoms with van der Waals surface area (Å²) in [5, 5.41) is 3.50. The molecule has 0 fully saturated rings. The van der Waals surface area contributed by atoms with Crippen LogP contribution in [0.25, 0.3) is 16.5 Å². The molecule has 0 saturated heterocycles. The molecule has 1 aromatic carbocycles. The number of ketones is 1. The van der Waals surface area contributed by atoms with E-state index in [1.807, 2.05) is 6.07 Å². The monoisotopic (exact) mass is 187 g/mol. The number of carbonyl (C=O) groups is 1. The van der Waals surface area contributed by atoms with E-state index in [4.69, 9.17) is 5.53 Å². The third-order valence-corrected chi connectivity index (χ3v) is 1.59. The summed E-state index contributed by atoms with van der Waals surface area (Å²) in [5.74, 6) is -0.0410. The second kappa shape index (κ2) is 4.84. The first-order valence-corrected chi connectivity index (χ1v) is 4.07. The zero-order valence-electron chi connectivity index (χ0n) is 7.71. The number of azide groups is 1. The molecular weight excluding hydrogens is 178 g/mol. The van der Waals surface area contributed by atoms with Crippen LogP contribution in [-0.2, 0) is 4.79 Å². The Morgan fingerprint density at radius 2 is 2.21 bits per heavy atom. The van der Waals surface area contributed by atoms with Crippen molar-refractivity contribution >= 4 is 17.5 Å². The van der Waals surface area contributed by atoms with Gasteiger partial charge in [-0.05, 0) is 24.1 Å². The lowest BCUT2D eigenvalue weighted by atomic mass is 10.1. The van der Waals surface area contributed by atoms with Crippen LogP contribution in [-0.4, -0.2) is 5.78 Å². The Labute approximate surface area is 81.5 Å². The zero-order valence-corrected chi connectivity index (χ0v) is 7.71. The average molecular weight is 187 g/mol. The molecule has 0 radical (unpaired) electrons. The first kappa shape index (κ1) is 10.0. The van der Waals surface area contributed by atoms with Gasteiger partial charge in [0.2, 0.25) is 0 Å². The summed E-state index contributed by atoms with van der Waals surface area (Å²) in [6, 6.07) is 7.06. The first-order valence-electron chi connectivity index (χ1n) is 4.07. The molecule has 0 aliphatic heterocycles. The Kier molecular flexibility index (Phi) is 3.47. The highest BCUT2D eigenvalue weighted by atomic mass is 16.1. The summed E-state index contributed by atoms with van der Waals surface area (Å²) < 4.78 is 0. The number of hydrogen-bond acceptors (Lipinski definition) is 2. The molecule has 4 nitrogen and oxygen atoms in total. The Hall–Kier alpha value is -2.06. The fourth-order valence-corrected chi connectivity index (χ4v) is 0.975. The van der Waals surface area contributed by atoms with E-state index in [9.17, 15) is 4.79 Å². The molecule has 0 unspecified atom stereocenters. The molecule has 1 rings (SSSR count). The summed E-state index contributed by atoms with van der Waals surface area (Å²) in [6.07, 6.45) is 3.07. The van der Waals surface area contributed by atoms with Crippen LogP contribution in [0, 0.1) is 0 Å². The normalized spacial score (nSPS) is 9.79. The zero-order chi connectivity index (χ0) is 10.4. The van der Waals surface area contributed by atoms with Crippen LogP contribution in [0.3, 0.4) is 0 Å². The standard InChI is InChI=1S/C10H9N3O/c1-8(14)6-7-9-4-2-3-5-10(9)12-13-11/h2-7H,1H3/b7-6+. The minimum Gasteiger partial charge on any atom is -0.295 e. The van der Waals surface area contributed by atoms with Crippen molar-refractivity contribution in [2.24, 2.45) is 5.11 Å². The molecule has 0 amide bonds. The highest BCUT2D eigenvalue weighted by molar-refractivity contribution is 5.92. The molecular formula is C10H9N3O. The van der Waals surface area contributed by atoms with Crippen molar-refractivity contribution in [2.45, 2.75) is 6.92 Å². The maximum Gasteiger partial charge on any atom is 0.152 e. The fourth-order valence-electron chi connectivity index (χ4n) is 0.975. The number of rotatable bonds is 3. The van der Waals surface area contributed by atoms with E-state index in [0.29, 0.717) is 5.69 Å². The van der Waals surface area contributed by atoms with Crippen molar-refractivity contribution in [2.75, 3.05) is 0 Å². The van der Waals surface area contributed by atoms with Gasteiger partial charge in [0.1, 0.15) is 0 Å². The van der Waals surface area contributed by atoms with E-state index >= 15 is 0 Å². The third-order valence-electron chi connectivity index (χ3n) is 1.59. The molecule has 0 atom stereocenters. The summed E-state index contributed by atoms with van der Waals surface area (Å²) in [7, 11) is 0. The lowest BCUT2D eigenvalue weighted by molar-refractivity contribution is -0.112. The lowest BCUT2D eigenvalue weighted by Gasteiger charge is -1.96.